The summed E-state index contributed by atoms with van der Waals surface area (Å²) in [6.07, 6.45) is 3.06. The highest BCUT2D eigenvalue weighted by Crippen LogP contribution is 2.34. The minimum atomic E-state index is -0.124. The molecule has 0 radical (unpaired) electrons. The van der Waals surface area contributed by atoms with E-state index in [1.54, 1.807) is 11.1 Å². The fourth-order valence-electron chi connectivity index (χ4n) is 2.34. The van der Waals surface area contributed by atoms with Gasteiger partial charge in [-0.15, -0.1) is 0 Å². The molecule has 2 aliphatic rings. The third-order valence-corrected chi connectivity index (χ3v) is 3.18. The van der Waals surface area contributed by atoms with Gasteiger partial charge in [-0.2, -0.15) is 0 Å². The van der Waals surface area contributed by atoms with Crippen LogP contribution in [0.5, 0.6) is 0 Å². The molecule has 2 aliphatic heterocycles. The fourth-order valence-corrected chi connectivity index (χ4v) is 2.34. The van der Waals surface area contributed by atoms with Gasteiger partial charge in [-0.3, -0.25) is 9.59 Å². The molecule has 1 atom stereocenters. The average Bonchev–Trinajstić information content (AvgIpc) is 2.73. The summed E-state index contributed by atoms with van der Waals surface area (Å²) in [5.41, 5.74) is 2.18. The molecule has 1 amide bonds. The molecule has 4 nitrogen and oxygen atoms in total. The van der Waals surface area contributed by atoms with Crippen molar-refractivity contribution in [3.63, 3.8) is 0 Å². The van der Waals surface area contributed by atoms with Crippen LogP contribution in [-0.2, 0) is 9.59 Å². The number of nitrogens with one attached hydrogen (secondary N) is 1. The highest BCUT2D eigenvalue weighted by atomic mass is 16.2. The summed E-state index contributed by atoms with van der Waals surface area (Å²) < 4.78 is 0. The van der Waals surface area contributed by atoms with E-state index in [0.29, 0.717) is 6.54 Å². The SMILES string of the molecule is O=C1C=CN(C2CNc3ccccc32)C(=O)C1. The van der Waals surface area contributed by atoms with Crippen LogP contribution in [0.4, 0.5) is 5.69 Å². The number of carbonyl (C=O) groups is 2. The van der Waals surface area contributed by atoms with E-state index in [9.17, 15) is 9.59 Å². The van der Waals surface area contributed by atoms with Gasteiger partial charge >= 0.3 is 0 Å². The van der Waals surface area contributed by atoms with Crippen molar-refractivity contribution in [3.8, 4) is 0 Å². The zero-order valence-electron chi connectivity index (χ0n) is 9.22. The van der Waals surface area contributed by atoms with E-state index in [1.165, 1.54) is 6.08 Å². The maximum Gasteiger partial charge on any atom is 0.234 e. The molecule has 1 aromatic rings. The maximum absolute atomic E-state index is 11.8. The van der Waals surface area contributed by atoms with Gasteiger partial charge in [0, 0.05) is 18.4 Å². The Bertz CT molecular complexity index is 522. The maximum atomic E-state index is 11.8. The van der Waals surface area contributed by atoms with E-state index in [2.05, 4.69) is 5.32 Å². The van der Waals surface area contributed by atoms with Crippen LogP contribution < -0.4 is 5.32 Å². The van der Waals surface area contributed by atoms with E-state index >= 15 is 0 Å². The van der Waals surface area contributed by atoms with Gasteiger partial charge in [0.1, 0.15) is 0 Å². The molecule has 0 saturated carbocycles. The minimum absolute atomic E-state index is 0.00282. The number of rotatable bonds is 1. The van der Waals surface area contributed by atoms with Gasteiger partial charge < -0.3 is 10.2 Å². The molecule has 0 aromatic heterocycles. The Morgan fingerprint density at radius 1 is 1.24 bits per heavy atom. The van der Waals surface area contributed by atoms with Gasteiger partial charge in [-0.25, -0.2) is 0 Å². The summed E-state index contributed by atoms with van der Waals surface area (Å²) in [7, 11) is 0. The van der Waals surface area contributed by atoms with Gasteiger partial charge in [0.05, 0.1) is 12.5 Å². The van der Waals surface area contributed by atoms with Crippen molar-refractivity contribution in [3.05, 3.63) is 42.1 Å². The summed E-state index contributed by atoms with van der Waals surface area (Å²) in [4.78, 5) is 24.6. The Balaban J connectivity index is 1.95. The highest BCUT2D eigenvalue weighted by Gasteiger charge is 2.31. The lowest BCUT2D eigenvalue weighted by molar-refractivity contribution is -0.134. The summed E-state index contributed by atoms with van der Waals surface area (Å²) >= 11 is 0. The molecule has 0 spiro atoms. The van der Waals surface area contributed by atoms with Crippen LogP contribution in [0, 0.1) is 0 Å². The number of ketones is 1. The quantitative estimate of drug-likeness (QED) is 0.740. The molecule has 17 heavy (non-hydrogen) atoms. The van der Waals surface area contributed by atoms with E-state index in [4.69, 9.17) is 0 Å². The number of carbonyl (C=O) groups excluding carboxylic acids is 2. The molecule has 0 bridgehead atoms. The zero-order valence-corrected chi connectivity index (χ0v) is 9.22. The molecule has 0 aliphatic carbocycles. The number of hydrogen-bond donors (Lipinski definition) is 1. The Labute approximate surface area is 98.9 Å². The first-order valence-electron chi connectivity index (χ1n) is 5.61. The number of fused-ring (bicyclic) bond motifs is 1. The van der Waals surface area contributed by atoms with Crippen LogP contribution in [0.1, 0.15) is 18.0 Å². The summed E-state index contributed by atoms with van der Waals surface area (Å²) in [6, 6.07) is 7.94. The molecule has 2 heterocycles. The van der Waals surface area contributed by atoms with Gasteiger partial charge in [0.15, 0.2) is 5.78 Å². The second kappa shape index (κ2) is 3.73. The molecule has 1 N–H and O–H groups in total. The summed E-state index contributed by atoms with van der Waals surface area (Å²) in [6.45, 7) is 0.698. The molecule has 0 saturated heterocycles. The number of amides is 1. The molecular formula is C13H12N2O2. The Morgan fingerprint density at radius 3 is 2.88 bits per heavy atom. The molecule has 1 unspecified atom stereocenters. The number of hydrogen-bond acceptors (Lipinski definition) is 3. The molecule has 86 valence electrons. The van der Waals surface area contributed by atoms with Crippen LogP contribution >= 0.6 is 0 Å². The second-order valence-corrected chi connectivity index (χ2v) is 4.24. The Hall–Kier alpha value is -2.10. The number of para-hydroxylation sites is 1. The average molecular weight is 228 g/mol. The van der Waals surface area contributed by atoms with Crippen molar-refractivity contribution >= 4 is 17.4 Å². The third kappa shape index (κ3) is 1.62. The molecule has 0 fully saturated rings. The predicted molar refractivity (Wildman–Crippen MR) is 63.3 cm³/mol. The van der Waals surface area contributed by atoms with Crippen molar-refractivity contribution in [2.75, 3.05) is 11.9 Å². The largest absolute Gasteiger partial charge is 0.382 e. The first kappa shape index (κ1) is 10.1. The van der Waals surface area contributed by atoms with Crippen LogP contribution in [0.2, 0.25) is 0 Å². The van der Waals surface area contributed by atoms with E-state index in [0.717, 1.165) is 11.3 Å². The lowest BCUT2D eigenvalue weighted by Crippen LogP contribution is -2.35. The number of benzene rings is 1. The molecular weight excluding hydrogens is 216 g/mol. The first-order chi connectivity index (χ1) is 8.25. The van der Waals surface area contributed by atoms with Gasteiger partial charge in [0.25, 0.3) is 0 Å². The van der Waals surface area contributed by atoms with Crippen LogP contribution in [-0.4, -0.2) is 23.1 Å². The summed E-state index contributed by atoms with van der Waals surface area (Å²) in [5, 5.41) is 3.27. The zero-order chi connectivity index (χ0) is 11.8. The Morgan fingerprint density at radius 2 is 2.06 bits per heavy atom. The van der Waals surface area contributed by atoms with Crippen molar-refractivity contribution in [2.45, 2.75) is 12.5 Å². The highest BCUT2D eigenvalue weighted by molar-refractivity contribution is 6.06. The van der Waals surface area contributed by atoms with Crippen LogP contribution in [0.15, 0.2) is 36.5 Å². The topological polar surface area (TPSA) is 49.4 Å². The lowest BCUT2D eigenvalue weighted by Gasteiger charge is -2.27. The normalized spacial score (nSPS) is 22.6. The second-order valence-electron chi connectivity index (χ2n) is 4.24. The van der Waals surface area contributed by atoms with E-state index in [1.807, 2.05) is 24.3 Å². The monoisotopic (exact) mass is 228 g/mol. The van der Waals surface area contributed by atoms with Crippen molar-refractivity contribution in [1.82, 2.24) is 4.90 Å². The number of anilines is 1. The standard InChI is InChI=1S/C13H12N2O2/c16-9-5-6-15(13(17)7-9)12-8-14-11-4-2-1-3-10(11)12/h1-6,12,14H,7-8H2. The molecule has 1 aromatic carbocycles. The van der Waals surface area contributed by atoms with E-state index in [-0.39, 0.29) is 24.2 Å². The first-order valence-corrected chi connectivity index (χ1v) is 5.61. The van der Waals surface area contributed by atoms with Gasteiger partial charge in [-0.1, -0.05) is 18.2 Å². The van der Waals surface area contributed by atoms with Crippen molar-refractivity contribution in [2.24, 2.45) is 0 Å². The minimum Gasteiger partial charge on any atom is -0.382 e. The van der Waals surface area contributed by atoms with Gasteiger partial charge in [0.2, 0.25) is 5.91 Å². The Kier molecular flexibility index (Phi) is 2.21. The lowest BCUT2D eigenvalue weighted by atomic mass is 10.1. The fraction of sp³-hybridized carbons (Fsp3) is 0.231. The smallest absolute Gasteiger partial charge is 0.234 e. The molecule has 4 heteroatoms. The predicted octanol–water partition coefficient (Wildman–Crippen LogP) is 1.47. The molecule has 3 rings (SSSR count). The summed E-state index contributed by atoms with van der Waals surface area (Å²) in [5.74, 6) is -0.244. The van der Waals surface area contributed by atoms with Gasteiger partial charge in [-0.05, 0) is 17.7 Å². The van der Waals surface area contributed by atoms with Crippen LogP contribution in [0.25, 0.3) is 0 Å². The number of nitrogens with zero attached hydrogens (tertiary/aromatic N) is 1. The van der Waals surface area contributed by atoms with E-state index < -0.39 is 0 Å². The van der Waals surface area contributed by atoms with Crippen molar-refractivity contribution < 1.29 is 9.59 Å². The third-order valence-electron chi connectivity index (χ3n) is 3.18. The van der Waals surface area contributed by atoms with Crippen molar-refractivity contribution in [1.29, 1.82) is 0 Å². The van der Waals surface area contributed by atoms with Crippen LogP contribution in [0.3, 0.4) is 0 Å². The number of allylic oxidation sites excluding steroid dienone is 1.